The van der Waals surface area contributed by atoms with Crippen molar-refractivity contribution in [3.05, 3.63) is 114 Å². The molecule has 1 heterocycles. The van der Waals surface area contributed by atoms with Gasteiger partial charge in [-0.05, 0) is 63.3 Å². The first-order chi connectivity index (χ1) is 16.8. The highest BCUT2D eigenvalue weighted by Crippen LogP contribution is 2.44. The Hall–Kier alpha value is -4.02. The van der Waals surface area contributed by atoms with Crippen molar-refractivity contribution in [1.82, 2.24) is 9.97 Å². The summed E-state index contributed by atoms with van der Waals surface area (Å²) in [4.78, 5) is 11.9. The molecule has 0 amide bonds. The lowest BCUT2D eigenvalue weighted by molar-refractivity contribution is 1.18. The minimum Gasteiger partial charge on any atom is -0.293 e. The van der Waals surface area contributed by atoms with Gasteiger partial charge in [-0.15, -0.1) is 0 Å². The minimum absolute atomic E-state index is 0.793. The number of aromatic nitrogens is 2. The number of benzene rings is 6. The first kappa shape index (κ1) is 19.4. The quantitative estimate of drug-likeness (QED) is 0.227. The van der Waals surface area contributed by atoms with Crippen molar-refractivity contribution in [1.29, 1.82) is 0 Å². The second-order valence-electron chi connectivity index (χ2n) is 8.44. The summed E-state index contributed by atoms with van der Waals surface area (Å²) >= 11 is 3.76. The molecular weight excluding hydrogens is 482 g/mol. The van der Waals surface area contributed by atoms with Gasteiger partial charge in [0.05, 0.1) is 22.9 Å². The Morgan fingerprint density at radius 2 is 1.24 bits per heavy atom. The third kappa shape index (κ3) is 2.89. The maximum atomic E-state index is 5.01. The van der Waals surface area contributed by atoms with E-state index in [-0.39, 0.29) is 0 Å². The summed E-state index contributed by atoms with van der Waals surface area (Å²) in [6.07, 6.45) is 1.86. The molecule has 0 N–H and O–H groups in total. The van der Waals surface area contributed by atoms with Gasteiger partial charge < -0.3 is 0 Å². The van der Waals surface area contributed by atoms with Gasteiger partial charge in [-0.25, -0.2) is 4.98 Å². The summed E-state index contributed by atoms with van der Waals surface area (Å²) in [5.74, 6) is 0.793. The van der Waals surface area contributed by atoms with Gasteiger partial charge in [-0.1, -0.05) is 82.7 Å². The van der Waals surface area contributed by atoms with Crippen molar-refractivity contribution >= 4 is 76.5 Å². The SMILES string of the molecule is Brc1ccc2ccc3c(N(c4ccccc4)c4cnc5ccccc5n4)ccc4ccc1c2c43. The fourth-order valence-electron chi connectivity index (χ4n) is 4.97. The number of anilines is 3. The van der Waals surface area contributed by atoms with Gasteiger partial charge in [-0.2, -0.15) is 0 Å². The molecule has 0 unspecified atom stereocenters. The van der Waals surface area contributed by atoms with E-state index >= 15 is 0 Å². The Morgan fingerprint density at radius 1 is 0.588 bits per heavy atom. The highest BCUT2D eigenvalue weighted by molar-refractivity contribution is 9.10. The second-order valence-corrected chi connectivity index (χ2v) is 9.30. The van der Waals surface area contributed by atoms with E-state index in [9.17, 15) is 0 Å². The summed E-state index contributed by atoms with van der Waals surface area (Å²) in [6, 6.07) is 36.0. The lowest BCUT2D eigenvalue weighted by Crippen LogP contribution is -2.12. The van der Waals surface area contributed by atoms with Crippen LogP contribution in [0.4, 0.5) is 17.2 Å². The van der Waals surface area contributed by atoms with Crippen LogP contribution in [0, 0.1) is 0 Å². The molecule has 0 saturated carbocycles. The molecule has 3 nitrogen and oxygen atoms in total. The van der Waals surface area contributed by atoms with Gasteiger partial charge in [0.2, 0.25) is 0 Å². The van der Waals surface area contributed by atoms with Crippen LogP contribution in [0.2, 0.25) is 0 Å². The Kier molecular flexibility index (Phi) is 4.29. The summed E-state index contributed by atoms with van der Waals surface area (Å²) in [7, 11) is 0. The van der Waals surface area contributed by atoms with Crippen LogP contribution in [0.25, 0.3) is 43.4 Å². The monoisotopic (exact) mass is 499 g/mol. The molecule has 0 saturated heterocycles. The van der Waals surface area contributed by atoms with Crippen molar-refractivity contribution in [3.63, 3.8) is 0 Å². The van der Waals surface area contributed by atoms with E-state index in [0.717, 1.165) is 32.7 Å². The predicted octanol–water partition coefficient (Wildman–Crippen LogP) is 8.76. The highest BCUT2D eigenvalue weighted by Gasteiger charge is 2.20. The molecule has 1 aromatic heterocycles. The number of hydrogen-bond donors (Lipinski definition) is 0. The third-order valence-corrected chi connectivity index (χ3v) is 7.20. The normalized spacial score (nSPS) is 11.7. The van der Waals surface area contributed by atoms with Gasteiger partial charge in [0.25, 0.3) is 0 Å². The molecule has 4 heteroatoms. The van der Waals surface area contributed by atoms with Crippen LogP contribution < -0.4 is 4.90 Å². The summed E-state index contributed by atoms with van der Waals surface area (Å²) < 4.78 is 1.11. The van der Waals surface area contributed by atoms with Gasteiger partial charge in [0, 0.05) is 15.5 Å². The molecule has 0 aliphatic carbocycles. The average Bonchev–Trinajstić information content (AvgIpc) is 2.90. The summed E-state index contributed by atoms with van der Waals surface area (Å²) in [6.45, 7) is 0. The van der Waals surface area contributed by atoms with Crippen molar-refractivity contribution in [3.8, 4) is 0 Å². The van der Waals surface area contributed by atoms with Gasteiger partial charge in [-0.3, -0.25) is 9.88 Å². The van der Waals surface area contributed by atoms with Gasteiger partial charge in [0.1, 0.15) is 0 Å². The van der Waals surface area contributed by atoms with Crippen molar-refractivity contribution < 1.29 is 0 Å². The molecule has 7 aromatic rings. The fraction of sp³-hybridized carbons (Fsp3) is 0. The van der Waals surface area contributed by atoms with E-state index in [2.05, 4.69) is 93.6 Å². The van der Waals surface area contributed by atoms with Crippen LogP contribution in [-0.4, -0.2) is 9.97 Å². The summed E-state index contributed by atoms with van der Waals surface area (Å²) in [5, 5.41) is 7.43. The average molecular weight is 500 g/mol. The number of hydrogen-bond acceptors (Lipinski definition) is 3. The first-order valence-electron chi connectivity index (χ1n) is 11.2. The highest BCUT2D eigenvalue weighted by atomic mass is 79.9. The minimum atomic E-state index is 0.793. The van der Waals surface area contributed by atoms with E-state index in [4.69, 9.17) is 9.97 Å². The number of rotatable bonds is 3. The van der Waals surface area contributed by atoms with Crippen LogP contribution in [0.5, 0.6) is 0 Å². The molecule has 0 bridgehead atoms. The van der Waals surface area contributed by atoms with Crippen LogP contribution >= 0.6 is 15.9 Å². The number of fused-ring (bicyclic) bond motifs is 1. The smallest absolute Gasteiger partial charge is 0.156 e. The van der Waals surface area contributed by atoms with Crippen LogP contribution in [0.1, 0.15) is 0 Å². The van der Waals surface area contributed by atoms with Crippen molar-refractivity contribution in [2.75, 3.05) is 4.90 Å². The van der Waals surface area contributed by atoms with Gasteiger partial charge in [0.15, 0.2) is 5.82 Å². The van der Waals surface area contributed by atoms with Crippen LogP contribution in [-0.2, 0) is 0 Å². The van der Waals surface area contributed by atoms with Crippen molar-refractivity contribution in [2.45, 2.75) is 0 Å². The van der Waals surface area contributed by atoms with E-state index in [1.165, 1.54) is 32.3 Å². The Balaban J connectivity index is 1.57. The van der Waals surface area contributed by atoms with E-state index in [1.807, 2.05) is 36.5 Å². The van der Waals surface area contributed by atoms with E-state index in [0.29, 0.717) is 0 Å². The lowest BCUT2D eigenvalue weighted by Gasteiger charge is -2.26. The maximum Gasteiger partial charge on any atom is 0.156 e. The standard InChI is InChI=1S/C30H18BrN3/c31-24-16-12-19-11-15-23-27(17-13-20-10-14-22(24)29(19)30(20)23)34(21-6-2-1-3-7-21)28-18-32-25-8-4-5-9-26(25)33-28/h1-18H. The zero-order chi connectivity index (χ0) is 22.6. The Bertz CT molecular complexity index is 1830. The molecular formula is C30H18BrN3. The maximum absolute atomic E-state index is 5.01. The second kappa shape index (κ2) is 7.51. The molecule has 0 radical (unpaired) electrons. The zero-order valence-electron chi connectivity index (χ0n) is 18.1. The molecule has 160 valence electrons. The zero-order valence-corrected chi connectivity index (χ0v) is 19.7. The summed E-state index contributed by atoms with van der Waals surface area (Å²) in [5.41, 5.74) is 3.89. The molecule has 7 rings (SSSR count). The van der Waals surface area contributed by atoms with E-state index < -0.39 is 0 Å². The molecule has 0 atom stereocenters. The Labute approximate surface area is 204 Å². The third-order valence-electron chi connectivity index (χ3n) is 6.51. The molecule has 0 aliphatic rings. The van der Waals surface area contributed by atoms with Gasteiger partial charge >= 0.3 is 0 Å². The van der Waals surface area contributed by atoms with E-state index in [1.54, 1.807) is 0 Å². The molecule has 0 spiro atoms. The molecule has 34 heavy (non-hydrogen) atoms. The molecule has 0 aliphatic heterocycles. The van der Waals surface area contributed by atoms with Crippen LogP contribution in [0.3, 0.4) is 0 Å². The fourth-order valence-corrected chi connectivity index (χ4v) is 5.43. The predicted molar refractivity (Wildman–Crippen MR) is 146 cm³/mol. The largest absolute Gasteiger partial charge is 0.293 e. The Morgan fingerprint density at radius 3 is 2.06 bits per heavy atom. The van der Waals surface area contributed by atoms with Crippen LogP contribution in [0.15, 0.2) is 114 Å². The molecule has 0 fully saturated rings. The molecule has 6 aromatic carbocycles. The number of halogens is 1. The topological polar surface area (TPSA) is 29.0 Å². The lowest BCUT2D eigenvalue weighted by atomic mass is 9.93. The number of para-hydroxylation sites is 3. The van der Waals surface area contributed by atoms with Crippen molar-refractivity contribution in [2.24, 2.45) is 0 Å². The number of nitrogens with zero attached hydrogens (tertiary/aromatic N) is 3. The first-order valence-corrected chi connectivity index (χ1v) is 12.0.